The molecule has 1 aliphatic heterocycles. The van der Waals surface area contributed by atoms with Gasteiger partial charge in [-0.2, -0.15) is 0 Å². The molecule has 0 saturated heterocycles. The highest BCUT2D eigenvalue weighted by atomic mass is 32.1. The van der Waals surface area contributed by atoms with Gasteiger partial charge in [-0.25, -0.2) is 9.97 Å². The maximum Gasteiger partial charge on any atom is 0.132 e. The number of para-hydroxylation sites is 4. The Morgan fingerprint density at radius 1 is 0.333 bits per heavy atom. The summed E-state index contributed by atoms with van der Waals surface area (Å²) < 4.78 is 11.5. The summed E-state index contributed by atoms with van der Waals surface area (Å²) >= 11 is 5.35. The lowest BCUT2D eigenvalue weighted by atomic mass is 9.66. The smallest absolute Gasteiger partial charge is 0.132 e. The number of benzene rings is 9. The molecule has 0 saturated carbocycles. The molecule has 0 bridgehead atoms. The second kappa shape index (κ2) is 13.4. The van der Waals surface area contributed by atoms with Crippen LogP contribution in [0.4, 0.5) is 0 Å². The third kappa shape index (κ3) is 5.23. The first-order valence-electron chi connectivity index (χ1n) is 21.1. The molecule has 0 amide bonds. The molecule has 1 spiro atoms. The van der Waals surface area contributed by atoms with E-state index in [9.17, 15) is 0 Å². The molecule has 0 unspecified atom stereocenters. The Hall–Kier alpha value is -7.22. The van der Waals surface area contributed by atoms with Crippen molar-refractivity contribution in [1.29, 1.82) is 0 Å². The number of fused-ring (bicyclic) bond motifs is 14. The van der Waals surface area contributed by atoms with E-state index in [4.69, 9.17) is 14.7 Å². The van der Waals surface area contributed by atoms with Crippen LogP contribution in [0.5, 0.6) is 11.5 Å². The molecule has 3 nitrogen and oxygen atoms in total. The minimum atomic E-state index is -0.497. The predicted octanol–water partition coefficient (Wildman–Crippen LogP) is 16.4. The summed E-state index contributed by atoms with van der Waals surface area (Å²) in [5.74, 6) is 1.82. The van der Waals surface area contributed by atoms with Crippen molar-refractivity contribution in [2.24, 2.45) is 0 Å². The molecule has 6 heteroatoms. The van der Waals surface area contributed by atoms with Crippen LogP contribution < -0.4 is 4.74 Å². The predicted molar refractivity (Wildman–Crippen MR) is 265 cm³/mol. The van der Waals surface area contributed by atoms with Crippen molar-refractivity contribution in [3.63, 3.8) is 0 Å². The third-order valence-corrected chi connectivity index (χ3v) is 16.3. The van der Waals surface area contributed by atoms with Crippen molar-refractivity contribution in [2.75, 3.05) is 0 Å². The molecule has 12 aromatic rings. The van der Waals surface area contributed by atoms with Gasteiger partial charge in [0.15, 0.2) is 0 Å². The van der Waals surface area contributed by atoms with Gasteiger partial charge in [0.1, 0.15) is 21.5 Å². The topological polar surface area (TPSA) is 35.0 Å². The van der Waals surface area contributed by atoms with Crippen LogP contribution in [0.2, 0.25) is 0 Å². The monoisotopic (exact) mass is 856 g/mol. The summed E-state index contributed by atoms with van der Waals surface area (Å²) in [4.78, 5) is 10.2. The zero-order valence-electron chi connectivity index (χ0n) is 33.5. The molecule has 294 valence electrons. The van der Waals surface area contributed by atoms with Gasteiger partial charge in [0, 0.05) is 42.4 Å². The van der Waals surface area contributed by atoms with E-state index in [1.165, 1.54) is 79.6 Å². The highest BCUT2D eigenvalue weighted by Crippen LogP contribution is 2.62. The minimum absolute atomic E-state index is 0.497. The molecular weight excluding hydrogens is 825 g/mol. The minimum Gasteiger partial charge on any atom is -0.457 e. The molecule has 0 atom stereocenters. The summed E-state index contributed by atoms with van der Waals surface area (Å²) in [6.45, 7) is 0. The SMILES string of the molecule is c1ccc2c(c1)Oc1ccccc1C21c2ccccc2-c2ccc(-c3ccc4c(c3)sc3cc(-c5cc(-c6nc7ccccc7s6)cc(-c6nc7ccccc7s6)c5)ccc34)cc21. The van der Waals surface area contributed by atoms with Gasteiger partial charge >= 0.3 is 0 Å². The van der Waals surface area contributed by atoms with Crippen LogP contribution in [0, 0.1) is 0 Å². The van der Waals surface area contributed by atoms with Crippen LogP contribution in [-0.2, 0) is 5.41 Å². The van der Waals surface area contributed by atoms with Gasteiger partial charge < -0.3 is 4.74 Å². The highest BCUT2D eigenvalue weighted by Gasteiger charge is 2.51. The van der Waals surface area contributed by atoms with Gasteiger partial charge in [0.25, 0.3) is 0 Å². The van der Waals surface area contributed by atoms with Crippen molar-refractivity contribution < 1.29 is 4.74 Å². The lowest BCUT2D eigenvalue weighted by Crippen LogP contribution is -2.32. The third-order valence-electron chi connectivity index (χ3n) is 13.0. The Morgan fingerprint density at radius 3 is 1.43 bits per heavy atom. The average molecular weight is 857 g/mol. The van der Waals surface area contributed by atoms with Gasteiger partial charge in [0.2, 0.25) is 0 Å². The normalized spacial score (nSPS) is 13.3. The summed E-state index contributed by atoms with van der Waals surface area (Å²) in [6, 6.07) is 70.8. The molecule has 4 heterocycles. The highest BCUT2D eigenvalue weighted by molar-refractivity contribution is 7.26. The number of aromatic nitrogens is 2. The molecule has 2 aliphatic rings. The average Bonchev–Trinajstić information content (AvgIpc) is 4.13. The van der Waals surface area contributed by atoms with Gasteiger partial charge in [-0.05, 0) is 117 Å². The van der Waals surface area contributed by atoms with Crippen molar-refractivity contribution in [3.8, 4) is 66.0 Å². The lowest BCUT2D eigenvalue weighted by molar-refractivity contribution is 0.436. The maximum atomic E-state index is 6.59. The first kappa shape index (κ1) is 35.4. The van der Waals surface area contributed by atoms with Crippen molar-refractivity contribution in [1.82, 2.24) is 9.97 Å². The number of ether oxygens (including phenoxy) is 1. The van der Waals surface area contributed by atoms with Gasteiger partial charge in [-0.15, -0.1) is 34.0 Å². The zero-order valence-corrected chi connectivity index (χ0v) is 36.0. The number of rotatable bonds is 4. The maximum absolute atomic E-state index is 6.59. The van der Waals surface area contributed by atoms with Crippen molar-refractivity contribution in [2.45, 2.75) is 5.41 Å². The van der Waals surface area contributed by atoms with Crippen molar-refractivity contribution in [3.05, 3.63) is 216 Å². The van der Waals surface area contributed by atoms with E-state index in [1.807, 2.05) is 11.3 Å². The molecule has 0 N–H and O–H groups in total. The van der Waals surface area contributed by atoms with E-state index >= 15 is 0 Å². The summed E-state index contributed by atoms with van der Waals surface area (Å²) in [5, 5.41) is 4.59. The standard InChI is InChI=1S/C57H32N2OS3/c1-2-12-43-39(11-1)40-24-21-33(30-46(40)57(43)44-13-3-7-17-49(44)60-50-18-8-4-14-45(50)57)34-22-25-41-42-26-23-35(32-54(42)61-53(41)31-34)36-27-37(55-58-47-15-5-9-19-51(47)62-55)29-38(28-36)56-59-48-16-6-10-20-52(48)63-56/h1-32H. The molecule has 1 aliphatic carbocycles. The van der Waals surface area contributed by atoms with Gasteiger partial charge in [-0.3, -0.25) is 0 Å². The van der Waals surface area contributed by atoms with E-state index in [2.05, 4.69) is 194 Å². The van der Waals surface area contributed by atoms with E-state index in [0.717, 1.165) is 49.2 Å². The number of thiazole rings is 2. The van der Waals surface area contributed by atoms with E-state index in [0.29, 0.717) is 0 Å². The fourth-order valence-electron chi connectivity index (χ4n) is 10.2. The first-order valence-corrected chi connectivity index (χ1v) is 23.6. The van der Waals surface area contributed by atoms with E-state index < -0.39 is 5.41 Å². The zero-order chi connectivity index (χ0) is 41.2. The fraction of sp³-hybridized carbons (Fsp3) is 0.0175. The molecule has 63 heavy (non-hydrogen) atoms. The number of thiophene rings is 1. The molecular formula is C57H32N2OS3. The molecule has 0 radical (unpaired) electrons. The van der Waals surface area contributed by atoms with E-state index in [1.54, 1.807) is 22.7 Å². The summed E-state index contributed by atoms with van der Waals surface area (Å²) in [6.07, 6.45) is 0. The Balaban J connectivity index is 0.897. The molecule has 3 aromatic heterocycles. The summed E-state index contributed by atoms with van der Waals surface area (Å²) in [5.41, 5.74) is 16.0. The number of hydrogen-bond donors (Lipinski definition) is 0. The summed E-state index contributed by atoms with van der Waals surface area (Å²) in [7, 11) is 0. The van der Waals surface area contributed by atoms with Crippen LogP contribution in [0.3, 0.4) is 0 Å². The quantitative estimate of drug-likeness (QED) is 0.177. The van der Waals surface area contributed by atoms with Gasteiger partial charge in [-0.1, -0.05) is 121 Å². The fourth-order valence-corrected chi connectivity index (χ4v) is 13.3. The second-order valence-corrected chi connectivity index (χ2v) is 19.6. The Morgan fingerprint density at radius 2 is 0.810 bits per heavy atom. The van der Waals surface area contributed by atoms with Crippen LogP contribution in [0.15, 0.2) is 194 Å². The van der Waals surface area contributed by atoms with Crippen LogP contribution >= 0.6 is 34.0 Å². The second-order valence-electron chi connectivity index (χ2n) is 16.4. The van der Waals surface area contributed by atoms with Crippen LogP contribution in [0.25, 0.3) is 95.1 Å². The Labute approximate surface area is 374 Å². The molecule has 14 rings (SSSR count). The lowest BCUT2D eigenvalue weighted by Gasteiger charge is -2.39. The molecule has 0 fully saturated rings. The van der Waals surface area contributed by atoms with E-state index in [-0.39, 0.29) is 0 Å². The van der Waals surface area contributed by atoms with Crippen LogP contribution in [-0.4, -0.2) is 9.97 Å². The van der Waals surface area contributed by atoms with Crippen LogP contribution in [0.1, 0.15) is 22.3 Å². The number of hydrogen-bond acceptors (Lipinski definition) is 6. The first-order chi connectivity index (χ1) is 31.2. The Kier molecular flexibility index (Phi) is 7.52. The Bertz CT molecular complexity index is 3670. The largest absolute Gasteiger partial charge is 0.457 e. The van der Waals surface area contributed by atoms with Crippen molar-refractivity contribution >= 4 is 74.6 Å². The number of nitrogens with zero attached hydrogens (tertiary/aromatic N) is 2. The van der Waals surface area contributed by atoms with Gasteiger partial charge in [0.05, 0.1) is 25.8 Å². The molecule has 9 aromatic carbocycles.